The van der Waals surface area contributed by atoms with Gasteiger partial charge in [-0.2, -0.15) is 0 Å². The normalized spacial score (nSPS) is 28.7. The molecule has 1 saturated heterocycles. The fourth-order valence-corrected chi connectivity index (χ4v) is 1.07. The third-order valence-corrected chi connectivity index (χ3v) is 1.55. The van der Waals surface area contributed by atoms with Crippen molar-refractivity contribution in [3.05, 3.63) is 0 Å². The minimum atomic E-state index is -0.478. The third-order valence-electron chi connectivity index (χ3n) is 1.55. The van der Waals surface area contributed by atoms with Crippen molar-refractivity contribution in [2.24, 2.45) is 4.99 Å². The van der Waals surface area contributed by atoms with Crippen LogP contribution in [0.3, 0.4) is 0 Å². The first-order chi connectivity index (χ1) is 5.27. The van der Waals surface area contributed by atoms with Crippen molar-refractivity contribution < 1.29 is 9.59 Å². The van der Waals surface area contributed by atoms with E-state index in [2.05, 4.69) is 20.9 Å². The number of imide groups is 1. The Morgan fingerprint density at radius 1 is 1.45 bits per heavy atom. The molecular weight excluding hydrogens is 148 g/mol. The lowest BCUT2D eigenvalue weighted by Crippen LogP contribution is -2.61. The van der Waals surface area contributed by atoms with Crippen molar-refractivity contribution in [2.75, 3.05) is 6.67 Å². The van der Waals surface area contributed by atoms with E-state index in [4.69, 9.17) is 0 Å². The number of aliphatic imine (C=N–C) groups is 1. The van der Waals surface area contributed by atoms with Crippen LogP contribution in [0.4, 0.5) is 4.79 Å². The summed E-state index contributed by atoms with van der Waals surface area (Å²) in [5, 5.41) is 7.41. The van der Waals surface area contributed by atoms with Gasteiger partial charge in [-0.3, -0.25) is 20.4 Å². The van der Waals surface area contributed by atoms with Crippen LogP contribution in [0.5, 0.6) is 0 Å². The van der Waals surface area contributed by atoms with Crippen LogP contribution in [0, 0.1) is 0 Å². The highest BCUT2D eigenvalue weighted by molar-refractivity contribution is 6.45. The van der Waals surface area contributed by atoms with Crippen LogP contribution >= 0.6 is 0 Å². The van der Waals surface area contributed by atoms with Gasteiger partial charge in [0, 0.05) is 0 Å². The van der Waals surface area contributed by atoms with Crippen molar-refractivity contribution in [1.82, 2.24) is 16.0 Å². The number of hydrogen-bond donors (Lipinski definition) is 3. The number of nitrogens with zero attached hydrogens (tertiary/aromatic N) is 1. The van der Waals surface area contributed by atoms with Crippen LogP contribution in [-0.4, -0.2) is 30.5 Å². The number of rotatable bonds is 0. The largest absolute Gasteiger partial charge is 0.323 e. The zero-order valence-corrected chi connectivity index (χ0v) is 5.55. The fourth-order valence-electron chi connectivity index (χ4n) is 1.07. The molecule has 0 spiro atoms. The van der Waals surface area contributed by atoms with E-state index in [-0.39, 0.29) is 0 Å². The van der Waals surface area contributed by atoms with Crippen LogP contribution in [0.25, 0.3) is 0 Å². The Balaban J connectivity index is 2.26. The standard InChI is InChI=1S/C5H6N4O2/c10-4-2-3(7-1-6-2)8-5(11)9-4/h3,7H,1H2,(H2,8,9,10,11). The van der Waals surface area contributed by atoms with Crippen molar-refractivity contribution in [3.8, 4) is 0 Å². The molecule has 2 aliphatic rings. The predicted octanol–water partition coefficient (Wildman–Crippen LogP) is -1.85. The first kappa shape index (κ1) is 6.29. The van der Waals surface area contributed by atoms with Crippen molar-refractivity contribution in [1.29, 1.82) is 0 Å². The Bertz CT molecular complexity index is 259. The van der Waals surface area contributed by atoms with Gasteiger partial charge in [0.2, 0.25) is 0 Å². The Morgan fingerprint density at radius 3 is 3.09 bits per heavy atom. The Hall–Kier alpha value is -1.43. The highest BCUT2D eigenvalue weighted by atomic mass is 16.2. The van der Waals surface area contributed by atoms with Gasteiger partial charge in [0.25, 0.3) is 5.91 Å². The molecule has 1 atom stereocenters. The summed E-state index contributed by atoms with van der Waals surface area (Å²) in [5.74, 6) is -0.413. The van der Waals surface area contributed by atoms with Crippen molar-refractivity contribution >= 4 is 17.6 Å². The molecular formula is C5H6N4O2. The van der Waals surface area contributed by atoms with Crippen LogP contribution in [0.2, 0.25) is 0 Å². The van der Waals surface area contributed by atoms with E-state index in [0.717, 1.165) is 0 Å². The van der Waals surface area contributed by atoms with E-state index in [9.17, 15) is 9.59 Å². The topological polar surface area (TPSA) is 82.6 Å². The quantitative estimate of drug-likeness (QED) is 0.383. The molecule has 3 N–H and O–H groups in total. The molecule has 0 aromatic heterocycles. The summed E-state index contributed by atoms with van der Waals surface area (Å²) >= 11 is 0. The maximum Gasteiger partial charge on any atom is 0.323 e. The molecule has 58 valence electrons. The molecule has 2 aliphatic heterocycles. The third kappa shape index (κ3) is 0.874. The highest BCUT2D eigenvalue weighted by Gasteiger charge is 2.33. The molecule has 11 heavy (non-hydrogen) atoms. The summed E-state index contributed by atoms with van der Waals surface area (Å²) in [7, 11) is 0. The van der Waals surface area contributed by atoms with Gasteiger partial charge >= 0.3 is 6.03 Å². The Kier molecular flexibility index (Phi) is 1.16. The predicted molar refractivity (Wildman–Crippen MR) is 35.9 cm³/mol. The molecule has 2 heterocycles. The Morgan fingerprint density at radius 2 is 2.27 bits per heavy atom. The van der Waals surface area contributed by atoms with Gasteiger partial charge in [-0.25, -0.2) is 4.79 Å². The van der Waals surface area contributed by atoms with Gasteiger partial charge in [0.05, 0.1) is 6.67 Å². The molecule has 0 aromatic carbocycles. The van der Waals surface area contributed by atoms with E-state index >= 15 is 0 Å². The lowest BCUT2D eigenvalue weighted by molar-refractivity contribution is -0.114. The number of carbonyl (C=O) groups is 2. The molecule has 1 fully saturated rings. The number of hydrogen-bond acceptors (Lipinski definition) is 4. The number of nitrogens with one attached hydrogen (secondary N) is 3. The molecule has 0 aromatic rings. The van der Waals surface area contributed by atoms with Crippen molar-refractivity contribution in [2.45, 2.75) is 6.17 Å². The zero-order chi connectivity index (χ0) is 7.84. The maximum atomic E-state index is 10.9. The molecule has 0 saturated carbocycles. The van der Waals surface area contributed by atoms with Gasteiger partial charge < -0.3 is 5.32 Å². The number of urea groups is 1. The zero-order valence-electron chi connectivity index (χ0n) is 5.55. The molecule has 0 bridgehead atoms. The fraction of sp³-hybridized carbons (Fsp3) is 0.400. The average Bonchev–Trinajstić information content (AvgIpc) is 2.34. The van der Waals surface area contributed by atoms with Gasteiger partial charge in [-0.05, 0) is 0 Å². The second-order valence-corrected chi connectivity index (χ2v) is 2.27. The SMILES string of the molecule is O=C1NC(=O)C2=NCNC2N1. The van der Waals surface area contributed by atoms with Crippen LogP contribution < -0.4 is 16.0 Å². The minimum Gasteiger partial charge on any atom is -0.316 e. The molecule has 3 amide bonds. The molecule has 6 nitrogen and oxygen atoms in total. The molecule has 6 heteroatoms. The summed E-state index contributed by atoms with van der Waals surface area (Å²) in [5.41, 5.74) is 0.351. The second-order valence-electron chi connectivity index (χ2n) is 2.27. The van der Waals surface area contributed by atoms with Crippen LogP contribution in [0.1, 0.15) is 0 Å². The summed E-state index contributed by atoms with van der Waals surface area (Å²) in [6.45, 7) is 0.383. The Labute approximate surface area is 62.1 Å². The molecule has 0 radical (unpaired) electrons. The first-order valence-electron chi connectivity index (χ1n) is 3.17. The van der Waals surface area contributed by atoms with E-state index in [1.807, 2.05) is 0 Å². The van der Waals surface area contributed by atoms with Gasteiger partial charge in [-0.15, -0.1) is 0 Å². The number of amides is 3. The van der Waals surface area contributed by atoms with Gasteiger partial charge in [0.1, 0.15) is 11.9 Å². The number of carbonyl (C=O) groups excluding carboxylic acids is 2. The summed E-state index contributed by atoms with van der Waals surface area (Å²) < 4.78 is 0. The average molecular weight is 154 g/mol. The lowest BCUT2D eigenvalue weighted by atomic mass is 10.2. The molecule has 0 aliphatic carbocycles. The minimum absolute atomic E-state index is 0.351. The summed E-state index contributed by atoms with van der Waals surface area (Å²) in [4.78, 5) is 25.5. The highest BCUT2D eigenvalue weighted by Crippen LogP contribution is 1.98. The summed E-state index contributed by atoms with van der Waals surface area (Å²) in [6, 6.07) is -0.478. The van der Waals surface area contributed by atoms with Crippen LogP contribution in [0.15, 0.2) is 4.99 Å². The van der Waals surface area contributed by atoms with Gasteiger partial charge in [0.15, 0.2) is 0 Å². The van der Waals surface area contributed by atoms with Gasteiger partial charge in [-0.1, -0.05) is 0 Å². The van der Waals surface area contributed by atoms with E-state index < -0.39 is 18.1 Å². The number of fused-ring (bicyclic) bond motifs is 1. The monoisotopic (exact) mass is 154 g/mol. The second kappa shape index (κ2) is 2.03. The smallest absolute Gasteiger partial charge is 0.316 e. The van der Waals surface area contributed by atoms with E-state index in [1.54, 1.807) is 0 Å². The lowest BCUT2D eigenvalue weighted by Gasteiger charge is -2.19. The maximum absolute atomic E-state index is 10.9. The molecule has 1 unspecified atom stereocenters. The molecule has 2 rings (SSSR count). The van der Waals surface area contributed by atoms with E-state index in [1.165, 1.54) is 0 Å². The summed E-state index contributed by atoms with van der Waals surface area (Å²) in [6.07, 6.45) is -0.392. The van der Waals surface area contributed by atoms with E-state index in [0.29, 0.717) is 12.4 Å². The van der Waals surface area contributed by atoms with Crippen molar-refractivity contribution in [3.63, 3.8) is 0 Å². The van der Waals surface area contributed by atoms with Crippen LogP contribution in [-0.2, 0) is 4.79 Å². The first-order valence-corrected chi connectivity index (χ1v) is 3.17.